The molecular formula is C5H10N4S2. The predicted molar refractivity (Wildman–Crippen MR) is 48.2 cm³/mol. The summed E-state index contributed by atoms with van der Waals surface area (Å²) in [6.07, 6.45) is 2.07. The van der Waals surface area contributed by atoms with E-state index in [1.165, 1.54) is 0 Å². The van der Waals surface area contributed by atoms with Crippen LogP contribution in [0.25, 0.3) is 0 Å². The molecule has 0 fully saturated rings. The molecule has 1 rings (SSSR count). The Labute approximate surface area is 74.4 Å². The minimum absolute atomic E-state index is 0.519. The Morgan fingerprint density at radius 3 is 3.00 bits per heavy atom. The van der Waals surface area contributed by atoms with E-state index in [9.17, 15) is 0 Å². The molecule has 1 heterocycles. The number of nitrogens with one attached hydrogen (secondary N) is 1. The first-order chi connectivity index (χ1) is 5.24. The van der Waals surface area contributed by atoms with Crippen molar-refractivity contribution in [3.05, 3.63) is 4.77 Å². The second-order valence-corrected chi connectivity index (χ2v) is 3.88. The molecule has 1 aromatic rings. The summed E-state index contributed by atoms with van der Waals surface area (Å²) in [6.45, 7) is 2.97. The van der Waals surface area contributed by atoms with Crippen molar-refractivity contribution in [2.24, 2.45) is 0 Å². The highest BCUT2D eigenvalue weighted by atomic mass is 32.2. The number of H-pyrrole nitrogens is 1. The first kappa shape index (κ1) is 8.73. The van der Waals surface area contributed by atoms with Gasteiger partial charge in [0.1, 0.15) is 0 Å². The lowest BCUT2D eigenvalue weighted by molar-refractivity contribution is 0.582. The van der Waals surface area contributed by atoms with E-state index in [1.54, 1.807) is 16.4 Å². The molecule has 0 aromatic carbocycles. The molecule has 0 spiro atoms. The van der Waals surface area contributed by atoms with Gasteiger partial charge >= 0.3 is 0 Å². The average molecular weight is 190 g/mol. The zero-order valence-corrected chi connectivity index (χ0v) is 8.08. The fourth-order valence-corrected chi connectivity index (χ4v) is 1.12. The Morgan fingerprint density at radius 1 is 1.82 bits per heavy atom. The van der Waals surface area contributed by atoms with Crippen LogP contribution in [0.3, 0.4) is 0 Å². The lowest BCUT2D eigenvalue weighted by atomic mass is 10.5. The van der Waals surface area contributed by atoms with Gasteiger partial charge in [-0.15, -0.1) is 0 Å². The maximum Gasteiger partial charge on any atom is 0.238 e. The van der Waals surface area contributed by atoms with E-state index in [2.05, 4.69) is 28.7 Å². The number of tetrazole rings is 1. The topological polar surface area (TPSA) is 46.5 Å². The summed E-state index contributed by atoms with van der Waals surface area (Å²) in [5.74, 6) is 0. The van der Waals surface area contributed by atoms with Crippen LogP contribution in [0, 0.1) is 4.77 Å². The molecule has 1 atom stereocenters. The SMILES string of the molecule is CSC(C)Cn1[nH]nnc1=S. The Morgan fingerprint density at radius 2 is 2.55 bits per heavy atom. The van der Waals surface area contributed by atoms with Crippen LogP contribution in [0.1, 0.15) is 6.92 Å². The molecular weight excluding hydrogens is 180 g/mol. The maximum absolute atomic E-state index is 4.90. The molecule has 6 heteroatoms. The van der Waals surface area contributed by atoms with Gasteiger partial charge in [-0.1, -0.05) is 17.2 Å². The van der Waals surface area contributed by atoms with E-state index in [0.29, 0.717) is 10.0 Å². The largest absolute Gasteiger partial charge is 0.241 e. The predicted octanol–water partition coefficient (Wildman–Crippen LogP) is 1.09. The number of hydrogen-bond donors (Lipinski definition) is 1. The third-order valence-electron chi connectivity index (χ3n) is 1.37. The van der Waals surface area contributed by atoms with Gasteiger partial charge in [0.15, 0.2) is 0 Å². The fraction of sp³-hybridized carbons (Fsp3) is 0.800. The standard InChI is InChI=1S/C5H10N4S2/c1-4(11-2)3-9-5(10)6-7-8-9/h4H,3H2,1-2H3,(H,6,8,10). The van der Waals surface area contributed by atoms with Crippen LogP contribution in [0.4, 0.5) is 0 Å². The molecule has 0 radical (unpaired) electrons. The first-order valence-corrected chi connectivity index (χ1v) is 4.94. The lowest BCUT2D eigenvalue weighted by Gasteiger charge is -2.06. The van der Waals surface area contributed by atoms with Crippen LogP contribution >= 0.6 is 24.0 Å². The highest BCUT2D eigenvalue weighted by molar-refractivity contribution is 7.99. The molecule has 0 saturated heterocycles. The van der Waals surface area contributed by atoms with E-state index in [0.717, 1.165) is 6.54 Å². The van der Waals surface area contributed by atoms with Gasteiger partial charge in [0.2, 0.25) is 4.77 Å². The summed E-state index contributed by atoms with van der Waals surface area (Å²) in [4.78, 5) is 0. The minimum Gasteiger partial charge on any atom is -0.241 e. The Kier molecular flexibility index (Phi) is 3.07. The fourth-order valence-electron chi connectivity index (χ4n) is 0.666. The Bertz CT molecular complexity index is 265. The van der Waals surface area contributed by atoms with Crippen molar-refractivity contribution in [1.29, 1.82) is 0 Å². The summed E-state index contributed by atoms with van der Waals surface area (Å²) in [5.41, 5.74) is 0. The van der Waals surface area contributed by atoms with Gasteiger partial charge in [0.05, 0.1) is 6.54 Å². The molecule has 1 N–H and O–H groups in total. The third kappa shape index (κ3) is 2.30. The van der Waals surface area contributed by atoms with Crippen molar-refractivity contribution in [3.8, 4) is 0 Å². The van der Waals surface area contributed by atoms with Crippen LogP contribution in [-0.2, 0) is 6.54 Å². The zero-order chi connectivity index (χ0) is 8.27. The molecule has 0 amide bonds. The Balaban J connectivity index is 2.64. The molecule has 4 nitrogen and oxygen atoms in total. The highest BCUT2D eigenvalue weighted by Crippen LogP contribution is 2.06. The molecule has 1 unspecified atom stereocenters. The summed E-state index contributed by atoms with van der Waals surface area (Å²) in [6, 6.07) is 0. The van der Waals surface area contributed by atoms with E-state index >= 15 is 0 Å². The molecule has 0 saturated carbocycles. The minimum atomic E-state index is 0.519. The van der Waals surface area contributed by atoms with E-state index in [1.807, 2.05) is 0 Å². The van der Waals surface area contributed by atoms with Gasteiger partial charge in [0.25, 0.3) is 0 Å². The van der Waals surface area contributed by atoms with Gasteiger partial charge in [-0.3, -0.25) is 0 Å². The molecule has 0 aliphatic heterocycles. The average Bonchev–Trinajstić information content (AvgIpc) is 2.37. The monoisotopic (exact) mass is 190 g/mol. The number of rotatable bonds is 3. The van der Waals surface area contributed by atoms with Crippen molar-refractivity contribution >= 4 is 24.0 Å². The second kappa shape index (κ2) is 3.87. The van der Waals surface area contributed by atoms with Crippen molar-refractivity contribution in [3.63, 3.8) is 0 Å². The summed E-state index contributed by atoms with van der Waals surface area (Å²) in [5, 5.41) is 10.5. The summed E-state index contributed by atoms with van der Waals surface area (Å²) >= 11 is 6.69. The zero-order valence-electron chi connectivity index (χ0n) is 6.44. The van der Waals surface area contributed by atoms with Gasteiger partial charge in [-0.05, 0) is 18.5 Å². The van der Waals surface area contributed by atoms with Crippen molar-refractivity contribution < 1.29 is 0 Å². The quantitative estimate of drug-likeness (QED) is 0.725. The normalized spacial score (nSPS) is 13.3. The van der Waals surface area contributed by atoms with Crippen molar-refractivity contribution in [2.75, 3.05) is 6.26 Å². The van der Waals surface area contributed by atoms with E-state index in [4.69, 9.17) is 12.2 Å². The maximum atomic E-state index is 4.90. The van der Waals surface area contributed by atoms with Gasteiger partial charge in [-0.25, -0.2) is 4.68 Å². The van der Waals surface area contributed by atoms with Crippen LogP contribution < -0.4 is 0 Å². The highest BCUT2D eigenvalue weighted by Gasteiger charge is 2.01. The molecule has 1 aromatic heterocycles. The first-order valence-electron chi connectivity index (χ1n) is 3.24. The summed E-state index contributed by atoms with van der Waals surface area (Å²) < 4.78 is 2.28. The van der Waals surface area contributed by atoms with Crippen molar-refractivity contribution in [1.82, 2.24) is 20.2 Å². The van der Waals surface area contributed by atoms with Crippen molar-refractivity contribution in [2.45, 2.75) is 18.7 Å². The number of nitrogens with zero attached hydrogens (tertiary/aromatic N) is 3. The number of hydrogen-bond acceptors (Lipinski definition) is 4. The molecule has 0 bridgehead atoms. The third-order valence-corrected chi connectivity index (χ3v) is 2.63. The second-order valence-electron chi connectivity index (χ2n) is 2.24. The van der Waals surface area contributed by atoms with Crippen LogP contribution in [0.5, 0.6) is 0 Å². The van der Waals surface area contributed by atoms with Crippen LogP contribution in [0.2, 0.25) is 0 Å². The van der Waals surface area contributed by atoms with E-state index in [-0.39, 0.29) is 0 Å². The van der Waals surface area contributed by atoms with Gasteiger partial charge < -0.3 is 0 Å². The van der Waals surface area contributed by atoms with E-state index < -0.39 is 0 Å². The molecule has 11 heavy (non-hydrogen) atoms. The number of thioether (sulfide) groups is 1. The summed E-state index contributed by atoms with van der Waals surface area (Å²) in [7, 11) is 0. The van der Waals surface area contributed by atoms with Crippen LogP contribution in [0.15, 0.2) is 0 Å². The molecule has 62 valence electrons. The van der Waals surface area contributed by atoms with Gasteiger partial charge in [0, 0.05) is 5.25 Å². The number of aromatic nitrogens is 4. The lowest BCUT2D eigenvalue weighted by Crippen LogP contribution is -2.10. The Hall–Kier alpha value is -0.360. The smallest absolute Gasteiger partial charge is 0.238 e. The van der Waals surface area contributed by atoms with Crippen LogP contribution in [-0.4, -0.2) is 31.7 Å². The molecule has 0 aliphatic rings. The molecule has 0 aliphatic carbocycles. The number of aromatic amines is 1. The van der Waals surface area contributed by atoms with Gasteiger partial charge in [-0.2, -0.15) is 17.0 Å².